The van der Waals surface area contributed by atoms with E-state index in [1.54, 1.807) is 11.9 Å². The number of hydrogen-bond acceptors (Lipinski definition) is 2. The molecule has 1 aliphatic heterocycles. The minimum absolute atomic E-state index is 0.0470. The van der Waals surface area contributed by atoms with Crippen LogP contribution in [-0.4, -0.2) is 16.6 Å². The fourth-order valence-electron chi connectivity index (χ4n) is 3.15. The molecule has 0 spiro atoms. The number of hydrogen-bond donors (Lipinski definition) is 0. The SMILES string of the molecule is CC(=O)N1N=C2CCCC[C@H]2[C@@H]1c1ccccc1. The van der Waals surface area contributed by atoms with Crippen molar-refractivity contribution in [3.05, 3.63) is 35.9 Å². The Kier molecular flexibility index (Phi) is 2.90. The van der Waals surface area contributed by atoms with E-state index in [-0.39, 0.29) is 11.9 Å². The van der Waals surface area contributed by atoms with Crippen LogP contribution >= 0.6 is 0 Å². The van der Waals surface area contributed by atoms with Gasteiger partial charge in [-0.15, -0.1) is 0 Å². The van der Waals surface area contributed by atoms with Crippen LogP contribution in [0, 0.1) is 5.92 Å². The summed E-state index contributed by atoms with van der Waals surface area (Å²) in [4.78, 5) is 11.8. The average molecular weight is 242 g/mol. The molecule has 1 amide bonds. The predicted molar refractivity (Wildman–Crippen MR) is 71.1 cm³/mol. The highest BCUT2D eigenvalue weighted by Crippen LogP contribution is 2.41. The zero-order chi connectivity index (χ0) is 12.5. The van der Waals surface area contributed by atoms with Crippen molar-refractivity contribution >= 4 is 11.6 Å². The van der Waals surface area contributed by atoms with Gasteiger partial charge in [-0.05, 0) is 24.8 Å². The van der Waals surface area contributed by atoms with Crippen molar-refractivity contribution in [3.8, 4) is 0 Å². The van der Waals surface area contributed by atoms with Gasteiger partial charge in [-0.25, -0.2) is 5.01 Å². The highest BCUT2D eigenvalue weighted by molar-refractivity contribution is 5.92. The van der Waals surface area contributed by atoms with Gasteiger partial charge in [-0.1, -0.05) is 36.8 Å². The number of hydrazone groups is 1. The number of amides is 1. The second-order valence-electron chi connectivity index (χ2n) is 5.16. The lowest BCUT2D eigenvalue weighted by Crippen LogP contribution is -2.29. The summed E-state index contributed by atoms with van der Waals surface area (Å²) in [6, 6.07) is 10.4. The third kappa shape index (κ3) is 1.84. The van der Waals surface area contributed by atoms with Gasteiger partial charge in [-0.2, -0.15) is 5.10 Å². The Labute approximate surface area is 107 Å². The molecule has 1 aliphatic carbocycles. The fraction of sp³-hybridized carbons (Fsp3) is 0.467. The quantitative estimate of drug-likeness (QED) is 0.744. The fourth-order valence-corrected chi connectivity index (χ4v) is 3.15. The first-order valence-electron chi connectivity index (χ1n) is 6.69. The van der Waals surface area contributed by atoms with Gasteiger partial charge in [-0.3, -0.25) is 4.79 Å². The second-order valence-corrected chi connectivity index (χ2v) is 5.16. The van der Waals surface area contributed by atoms with Gasteiger partial charge in [0.25, 0.3) is 0 Å². The highest BCUT2D eigenvalue weighted by Gasteiger charge is 2.40. The van der Waals surface area contributed by atoms with E-state index in [2.05, 4.69) is 17.2 Å². The van der Waals surface area contributed by atoms with E-state index in [0.717, 1.165) is 12.8 Å². The van der Waals surface area contributed by atoms with Gasteiger partial charge >= 0.3 is 0 Å². The summed E-state index contributed by atoms with van der Waals surface area (Å²) in [5, 5.41) is 6.26. The number of carbonyl (C=O) groups excluding carboxylic acids is 1. The van der Waals surface area contributed by atoms with Crippen LogP contribution < -0.4 is 0 Å². The molecule has 0 bridgehead atoms. The Hall–Kier alpha value is -1.64. The maximum atomic E-state index is 11.8. The lowest BCUT2D eigenvalue weighted by Gasteiger charge is -2.28. The number of fused-ring (bicyclic) bond motifs is 1. The molecular weight excluding hydrogens is 224 g/mol. The minimum Gasteiger partial charge on any atom is -0.273 e. The molecule has 2 aliphatic rings. The van der Waals surface area contributed by atoms with E-state index in [1.165, 1.54) is 24.1 Å². The van der Waals surface area contributed by atoms with E-state index in [1.807, 2.05) is 18.2 Å². The summed E-state index contributed by atoms with van der Waals surface area (Å²) < 4.78 is 0. The summed E-state index contributed by atoms with van der Waals surface area (Å²) in [6.07, 6.45) is 4.67. The van der Waals surface area contributed by atoms with E-state index in [4.69, 9.17) is 0 Å². The summed E-state index contributed by atoms with van der Waals surface area (Å²) in [5.74, 6) is 0.482. The smallest absolute Gasteiger partial charge is 0.240 e. The van der Waals surface area contributed by atoms with Crippen molar-refractivity contribution in [3.63, 3.8) is 0 Å². The molecule has 0 N–H and O–H groups in total. The van der Waals surface area contributed by atoms with Crippen molar-refractivity contribution in [1.29, 1.82) is 0 Å². The maximum Gasteiger partial charge on any atom is 0.240 e. The summed E-state index contributed by atoms with van der Waals surface area (Å²) in [7, 11) is 0. The van der Waals surface area contributed by atoms with E-state index in [9.17, 15) is 4.79 Å². The van der Waals surface area contributed by atoms with Gasteiger partial charge in [0.15, 0.2) is 0 Å². The molecule has 0 saturated heterocycles. The third-order valence-corrected chi connectivity index (χ3v) is 3.97. The molecule has 1 saturated carbocycles. The molecule has 18 heavy (non-hydrogen) atoms. The Bertz CT molecular complexity index is 481. The first kappa shape index (κ1) is 11.5. The largest absolute Gasteiger partial charge is 0.273 e. The molecule has 0 radical (unpaired) electrons. The molecule has 94 valence electrons. The summed E-state index contributed by atoms with van der Waals surface area (Å²) in [6.45, 7) is 1.61. The first-order valence-corrected chi connectivity index (χ1v) is 6.69. The van der Waals surface area contributed by atoms with Gasteiger partial charge in [0.2, 0.25) is 5.91 Å². The van der Waals surface area contributed by atoms with Crippen LogP contribution in [0.25, 0.3) is 0 Å². The van der Waals surface area contributed by atoms with E-state index >= 15 is 0 Å². The molecule has 1 fully saturated rings. The lowest BCUT2D eigenvalue weighted by atomic mass is 9.80. The monoisotopic (exact) mass is 242 g/mol. The topological polar surface area (TPSA) is 32.7 Å². The van der Waals surface area contributed by atoms with Crippen LogP contribution in [0.2, 0.25) is 0 Å². The predicted octanol–water partition coefficient (Wildman–Crippen LogP) is 3.14. The Balaban J connectivity index is 1.98. The van der Waals surface area contributed by atoms with Gasteiger partial charge in [0, 0.05) is 18.6 Å². The first-order chi connectivity index (χ1) is 8.77. The number of benzene rings is 1. The summed E-state index contributed by atoms with van der Waals surface area (Å²) >= 11 is 0. The number of rotatable bonds is 1. The van der Waals surface area contributed by atoms with Gasteiger partial charge < -0.3 is 0 Å². The van der Waals surface area contributed by atoms with Crippen molar-refractivity contribution in [2.45, 2.75) is 38.6 Å². The molecule has 0 unspecified atom stereocenters. The van der Waals surface area contributed by atoms with Crippen LogP contribution in [0.4, 0.5) is 0 Å². The van der Waals surface area contributed by atoms with Gasteiger partial charge in [0.1, 0.15) is 0 Å². The maximum absolute atomic E-state index is 11.8. The molecule has 3 rings (SSSR count). The zero-order valence-electron chi connectivity index (χ0n) is 10.7. The van der Waals surface area contributed by atoms with Gasteiger partial charge in [0.05, 0.1) is 6.04 Å². The van der Waals surface area contributed by atoms with Crippen molar-refractivity contribution < 1.29 is 4.79 Å². The van der Waals surface area contributed by atoms with E-state index < -0.39 is 0 Å². The standard InChI is InChI=1S/C15H18N2O/c1-11(18)17-15(12-7-3-2-4-8-12)13-9-5-6-10-14(13)16-17/h2-4,7-8,13,15H,5-6,9-10H2,1H3/t13-,15+/m1/s1. The highest BCUT2D eigenvalue weighted by atomic mass is 16.2. The van der Waals surface area contributed by atoms with Crippen LogP contribution in [0.1, 0.15) is 44.2 Å². The van der Waals surface area contributed by atoms with Crippen molar-refractivity contribution in [1.82, 2.24) is 5.01 Å². The average Bonchev–Trinajstić information content (AvgIpc) is 2.79. The Morgan fingerprint density at radius 3 is 2.78 bits per heavy atom. The molecule has 2 atom stereocenters. The lowest BCUT2D eigenvalue weighted by molar-refractivity contribution is -0.131. The Morgan fingerprint density at radius 2 is 2.06 bits per heavy atom. The number of carbonyl (C=O) groups is 1. The zero-order valence-corrected chi connectivity index (χ0v) is 10.7. The molecule has 0 aromatic heterocycles. The number of nitrogens with zero attached hydrogens (tertiary/aromatic N) is 2. The molecule has 1 aromatic carbocycles. The third-order valence-electron chi connectivity index (χ3n) is 3.97. The van der Waals surface area contributed by atoms with Crippen molar-refractivity contribution in [2.75, 3.05) is 0 Å². The minimum atomic E-state index is 0.0470. The van der Waals surface area contributed by atoms with Crippen LogP contribution in [0.3, 0.4) is 0 Å². The Morgan fingerprint density at radius 1 is 1.28 bits per heavy atom. The van der Waals surface area contributed by atoms with E-state index in [0.29, 0.717) is 5.92 Å². The summed E-state index contributed by atoms with van der Waals surface area (Å²) in [5.41, 5.74) is 2.43. The molecule has 1 heterocycles. The van der Waals surface area contributed by atoms with Crippen LogP contribution in [0.15, 0.2) is 35.4 Å². The van der Waals surface area contributed by atoms with Crippen molar-refractivity contribution in [2.24, 2.45) is 11.0 Å². The normalized spacial score (nSPS) is 26.7. The van der Waals surface area contributed by atoms with Crippen LogP contribution in [-0.2, 0) is 4.79 Å². The molecule has 3 nitrogen and oxygen atoms in total. The molecule has 3 heteroatoms. The second kappa shape index (κ2) is 4.56. The molecular formula is C15H18N2O. The van der Waals surface area contributed by atoms with Crippen LogP contribution in [0.5, 0.6) is 0 Å². The molecule has 1 aromatic rings.